The minimum atomic E-state index is -1.55. The number of alkyl halides is 1. The maximum atomic E-state index is 14.0. The molecule has 1 heterocycles. The van der Waals surface area contributed by atoms with Gasteiger partial charge in [-0.15, -0.1) is 0 Å². The lowest BCUT2D eigenvalue weighted by molar-refractivity contribution is 0.130. The molecule has 0 amide bonds. The van der Waals surface area contributed by atoms with Crippen molar-refractivity contribution in [2.75, 3.05) is 7.11 Å². The van der Waals surface area contributed by atoms with Crippen molar-refractivity contribution in [3.05, 3.63) is 54.1 Å². The van der Waals surface area contributed by atoms with Crippen molar-refractivity contribution in [1.82, 2.24) is 0 Å². The van der Waals surface area contributed by atoms with Crippen molar-refractivity contribution in [1.29, 1.82) is 0 Å². The Bertz CT molecular complexity index is 622. The van der Waals surface area contributed by atoms with Crippen LogP contribution in [0.4, 0.5) is 10.1 Å². The van der Waals surface area contributed by atoms with Crippen molar-refractivity contribution in [3.8, 4) is 11.5 Å². The van der Waals surface area contributed by atoms with E-state index in [4.69, 9.17) is 9.47 Å². The van der Waals surface area contributed by atoms with Crippen LogP contribution < -0.4 is 9.47 Å². The molecule has 1 aliphatic heterocycles. The normalized spacial score (nSPS) is 17.2. The Morgan fingerprint density at radius 3 is 2.58 bits per heavy atom. The van der Waals surface area contributed by atoms with Crippen LogP contribution in [0.5, 0.6) is 11.5 Å². The molecule has 96 valence electrons. The molecule has 0 radical (unpaired) electrons. The fraction of sp³-hybridized carbons (Fsp3) is 0.133. The third kappa shape index (κ3) is 2.17. The molecule has 1 atom stereocenters. The molecule has 0 aromatic heterocycles. The summed E-state index contributed by atoms with van der Waals surface area (Å²) in [4.78, 5) is 4.33. The van der Waals surface area contributed by atoms with E-state index in [0.717, 1.165) is 5.75 Å². The highest BCUT2D eigenvalue weighted by Crippen LogP contribution is 2.33. The van der Waals surface area contributed by atoms with Crippen LogP contribution in [-0.4, -0.2) is 19.2 Å². The van der Waals surface area contributed by atoms with Crippen molar-refractivity contribution in [3.63, 3.8) is 0 Å². The minimum Gasteiger partial charge on any atom is -0.497 e. The lowest BCUT2D eigenvalue weighted by Gasteiger charge is -2.20. The van der Waals surface area contributed by atoms with Crippen LogP contribution in [0.3, 0.4) is 0 Å². The number of aliphatic imine (C=N–C) groups is 1. The fourth-order valence-corrected chi connectivity index (χ4v) is 1.95. The van der Waals surface area contributed by atoms with E-state index < -0.39 is 6.36 Å². The Balaban J connectivity index is 2.01. The topological polar surface area (TPSA) is 30.8 Å². The van der Waals surface area contributed by atoms with E-state index in [2.05, 4.69) is 4.99 Å². The van der Waals surface area contributed by atoms with Gasteiger partial charge in [-0.2, -0.15) is 4.39 Å². The summed E-state index contributed by atoms with van der Waals surface area (Å²) in [6.45, 7) is 0. The molecule has 1 unspecified atom stereocenters. The Labute approximate surface area is 110 Å². The summed E-state index contributed by atoms with van der Waals surface area (Å²) in [5.41, 5.74) is 1.60. The predicted molar refractivity (Wildman–Crippen MR) is 71.2 cm³/mol. The summed E-state index contributed by atoms with van der Waals surface area (Å²) >= 11 is 0. The molecule has 0 saturated heterocycles. The number of hydrogen-bond donors (Lipinski definition) is 0. The van der Waals surface area contributed by atoms with Crippen LogP contribution in [0.25, 0.3) is 0 Å². The van der Waals surface area contributed by atoms with Gasteiger partial charge in [0, 0.05) is 5.56 Å². The van der Waals surface area contributed by atoms with E-state index in [-0.39, 0.29) is 5.71 Å². The lowest BCUT2D eigenvalue weighted by atomic mass is 10.1. The molecule has 2 aromatic rings. The molecule has 19 heavy (non-hydrogen) atoms. The van der Waals surface area contributed by atoms with Crippen LogP contribution in [0.2, 0.25) is 0 Å². The zero-order chi connectivity index (χ0) is 13.2. The number of ether oxygens (including phenoxy) is 2. The maximum absolute atomic E-state index is 14.0. The van der Waals surface area contributed by atoms with E-state index in [0.29, 0.717) is 17.0 Å². The van der Waals surface area contributed by atoms with Crippen LogP contribution in [0, 0.1) is 0 Å². The second kappa shape index (κ2) is 4.72. The van der Waals surface area contributed by atoms with Crippen LogP contribution in [0.15, 0.2) is 53.5 Å². The lowest BCUT2D eigenvalue weighted by Crippen LogP contribution is -2.25. The van der Waals surface area contributed by atoms with Gasteiger partial charge in [-0.3, -0.25) is 0 Å². The minimum absolute atomic E-state index is 0.279. The van der Waals surface area contributed by atoms with Gasteiger partial charge >= 0.3 is 0 Å². The van der Waals surface area contributed by atoms with Crippen molar-refractivity contribution >= 4 is 11.4 Å². The molecule has 0 bridgehead atoms. The van der Waals surface area contributed by atoms with E-state index in [1.54, 1.807) is 49.6 Å². The zero-order valence-corrected chi connectivity index (χ0v) is 10.3. The van der Waals surface area contributed by atoms with E-state index in [1.165, 1.54) is 0 Å². The predicted octanol–water partition coefficient (Wildman–Crippen LogP) is 3.50. The molecule has 1 aliphatic rings. The van der Waals surface area contributed by atoms with E-state index in [9.17, 15) is 4.39 Å². The molecule has 0 aliphatic carbocycles. The van der Waals surface area contributed by atoms with Gasteiger partial charge in [-0.25, -0.2) is 4.99 Å². The highest BCUT2D eigenvalue weighted by molar-refractivity contribution is 6.05. The van der Waals surface area contributed by atoms with Gasteiger partial charge in [0.15, 0.2) is 0 Å². The molecule has 0 fully saturated rings. The number of nitrogens with zero attached hydrogens (tertiary/aromatic N) is 1. The first-order valence-electron chi connectivity index (χ1n) is 5.91. The Morgan fingerprint density at radius 2 is 1.84 bits per heavy atom. The Kier molecular flexibility index (Phi) is 2.91. The Morgan fingerprint density at radius 1 is 1.11 bits per heavy atom. The van der Waals surface area contributed by atoms with E-state index in [1.807, 2.05) is 6.07 Å². The monoisotopic (exact) mass is 257 g/mol. The molecule has 0 N–H and O–H groups in total. The van der Waals surface area contributed by atoms with Gasteiger partial charge < -0.3 is 9.47 Å². The summed E-state index contributed by atoms with van der Waals surface area (Å²) in [5, 5.41) is 0. The summed E-state index contributed by atoms with van der Waals surface area (Å²) in [7, 11) is 1.59. The first-order chi connectivity index (χ1) is 9.28. The highest BCUT2D eigenvalue weighted by Gasteiger charge is 2.24. The maximum Gasteiger partial charge on any atom is 0.281 e. The van der Waals surface area contributed by atoms with Gasteiger partial charge in [0.05, 0.1) is 7.11 Å². The van der Waals surface area contributed by atoms with Crippen molar-refractivity contribution in [2.45, 2.75) is 6.36 Å². The molecular weight excluding hydrogens is 245 g/mol. The number of fused-ring (bicyclic) bond motifs is 1. The van der Waals surface area contributed by atoms with Gasteiger partial charge in [-0.05, 0) is 36.4 Å². The van der Waals surface area contributed by atoms with Gasteiger partial charge in [0.1, 0.15) is 22.9 Å². The number of halogens is 1. The van der Waals surface area contributed by atoms with Gasteiger partial charge in [0.2, 0.25) is 0 Å². The Hall–Kier alpha value is -2.36. The molecular formula is C15H12FNO2. The standard InChI is InChI=1S/C15H12FNO2/c1-18-11-8-6-10(7-9-11)14-15(16)19-13-5-3-2-4-12(13)17-14/h2-9,15H,1H3. The summed E-state index contributed by atoms with van der Waals surface area (Å²) < 4.78 is 24.3. The average Bonchev–Trinajstić information content (AvgIpc) is 2.47. The first-order valence-corrected chi connectivity index (χ1v) is 5.91. The number of methoxy groups -OCH3 is 1. The van der Waals surface area contributed by atoms with Gasteiger partial charge in [-0.1, -0.05) is 12.1 Å². The van der Waals surface area contributed by atoms with Crippen LogP contribution >= 0.6 is 0 Å². The third-order valence-electron chi connectivity index (χ3n) is 2.94. The van der Waals surface area contributed by atoms with Crippen molar-refractivity contribution in [2.24, 2.45) is 4.99 Å². The molecule has 2 aromatic carbocycles. The molecule has 4 heteroatoms. The molecule has 0 spiro atoms. The van der Waals surface area contributed by atoms with Crippen LogP contribution in [0.1, 0.15) is 5.56 Å². The first kappa shape index (κ1) is 11.7. The SMILES string of the molecule is COc1ccc(C2=Nc3ccccc3OC2F)cc1. The number of rotatable bonds is 2. The highest BCUT2D eigenvalue weighted by atomic mass is 19.1. The quantitative estimate of drug-likeness (QED) is 0.824. The summed E-state index contributed by atoms with van der Waals surface area (Å²) in [5.74, 6) is 1.18. The zero-order valence-electron chi connectivity index (χ0n) is 10.3. The number of benzene rings is 2. The number of hydrogen-bond acceptors (Lipinski definition) is 3. The molecule has 3 nitrogen and oxygen atoms in total. The number of para-hydroxylation sites is 2. The summed E-state index contributed by atoms with van der Waals surface area (Å²) in [6.07, 6.45) is -1.55. The van der Waals surface area contributed by atoms with Gasteiger partial charge in [0.25, 0.3) is 6.36 Å². The van der Waals surface area contributed by atoms with Crippen molar-refractivity contribution < 1.29 is 13.9 Å². The van der Waals surface area contributed by atoms with E-state index >= 15 is 0 Å². The fourth-order valence-electron chi connectivity index (χ4n) is 1.95. The average molecular weight is 257 g/mol. The smallest absolute Gasteiger partial charge is 0.281 e. The van der Waals surface area contributed by atoms with Crippen LogP contribution in [-0.2, 0) is 0 Å². The summed E-state index contributed by atoms with van der Waals surface area (Å²) in [6, 6.07) is 14.2. The second-order valence-corrected chi connectivity index (χ2v) is 4.13. The molecule has 0 saturated carbocycles. The third-order valence-corrected chi connectivity index (χ3v) is 2.94. The molecule has 3 rings (SSSR count). The largest absolute Gasteiger partial charge is 0.497 e. The second-order valence-electron chi connectivity index (χ2n) is 4.13.